The van der Waals surface area contributed by atoms with Crippen LogP contribution in [0.15, 0.2) is 23.2 Å². The molecule has 0 bridgehead atoms. The molecule has 1 aliphatic heterocycles. The Bertz CT molecular complexity index is 471. The molecule has 1 heterocycles. The summed E-state index contributed by atoms with van der Waals surface area (Å²) < 4.78 is 10.6. The molecule has 1 fully saturated rings. The lowest BCUT2D eigenvalue weighted by atomic mass is 10.1. The van der Waals surface area contributed by atoms with Crippen molar-refractivity contribution in [2.24, 2.45) is 4.99 Å². The van der Waals surface area contributed by atoms with E-state index in [2.05, 4.69) is 18.9 Å². The standard InChI is InChI=1S/C15H22N2O2/c1-11(16-15-6-5-9-17(15)2)12-7-8-13(18-3)14(10-12)19-4/h7-8,10-11H,5-6,9H2,1-4H3/b16-15-. The number of hydrogen-bond acceptors (Lipinski definition) is 3. The summed E-state index contributed by atoms with van der Waals surface area (Å²) in [5.74, 6) is 2.71. The van der Waals surface area contributed by atoms with Crippen molar-refractivity contribution in [2.45, 2.75) is 25.8 Å². The van der Waals surface area contributed by atoms with E-state index in [1.165, 1.54) is 12.3 Å². The fourth-order valence-corrected chi connectivity index (χ4v) is 2.37. The average molecular weight is 262 g/mol. The number of aliphatic imine (C=N–C) groups is 1. The van der Waals surface area contributed by atoms with Gasteiger partial charge in [-0.15, -0.1) is 0 Å². The molecule has 1 unspecified atom stereocenters. The summed E-state index contributed by atoms with van der Waals surface area (Å²) in [5.41, 5.74) is 1.14. The van der Waals surface area contributed by atoms with Crippen molar-refractivity contribution in [2.75, 3.05) is 27.8 Å². The van der Waals surface area contributed by atoms with Crippen LogP contribution in [0.3, 0.4) is 0 Å². The second kappa shape index (κ2) is 5.95. The Hall–Kier alpha value is -1.71. The summed E-state index contributed by atoms with van der Waals surface area (Å²) in [7, 11) is 5.41. The third-order valence-corrected chi connectivity index (χ3v) is 3.57. The molecule has 1 saturated heterocycles. The molecule has 0 amide bonds. The van der Waals surface area contributed by atoms with Crippen LogP contribution < -0.4 is 9.47 Å². The van der Waals surface area contributed by atoms with E-state index in [1.54, 1.807) is 14.2 Å². The number of nitrogens with zero attached hydrogens (tertiary/aromatic N) is 2. The largest absolute Gasteiger partial charge is 0.493 e. The van der Waals surface area contributed by atoms with Gasteiger partial charge in [-0.1, -0.05) is 6.07 Å². The molecule has 104 valence electrons. The minimum Gasteiger partial charge on any atom is -0.493 e. The third-order valence-electron chi connectivity index (χ3n) is 3.57. The van der Waals surface area contributed by atoms with E-state index in [0.717, 1.165) is 30.0 Å². The van der Waals surface area contributed by atoms with Crippen molar-refractivity contribution in [3.63, 3.8) is 0 Å². The number of hydrogen-bond donors (Lipinski definition) is 0. The number of methoxy groups -OCH3 is 2. The van der Waals surface area contributed by atoms with Gasteiger partial charge in [0.1, 0.15) is 0 Å². The molecule has 4 nitrogen and oxygen atoms in total. The summed E-state index contributed by atoms with van der Waals surface area (Å²) in [4.78, 5) is 7.04. The van der Waals surface area contributed by atoms with Crippen molar-refractivity contribution in [3.8, 4) is 11.5 Å². The van der Waals surface area contributed by atoms with E-state index in [4.69, 9.17) is 14.5 Å². The molecule has 1 aromatic carbocycles. The van der Waals surface area contributed by atoms with E-state index >= 15 is 0 Å². The van der Waals surface area contributed by atoms with Crippen LogP contribution in [0.1, 0.15) is 31.4 Å². The maximum absolute atomic E-state index is 5.33. The first-order valence-electron chi connectivity index (χ1n) is 6.65. The molecule has 0 aliphatic carbocycles. The second-order valence-corrected chi connectivity index (χ2v) is 4.86. The van der Waals surface area contributed by atoms with Gasteiger partial charge in [0.2, 0.25) is 0 Å². The first kappa shape index (κ1) is 13.7. The van der Waals surface area contributed by atoms with E-state index < -0.39 is 0 Å². The predicted octanol–water partition coefficient (Wildman–Crippen LogP) is 2.89. The minimum atomic E-state index is 0.135. The monoisotopic (exact) mass is 262 g/mol. The van der Waals surface area contributed by atoms with Crippen LogP contribution in [0.5, 0.6) is 11.5 Å². The van der Waals surface area contributed by atoms with Gasteiger partial charge in [-0.3, -0.25) is 4.99 Å². The molecule has 1 atom stereocenters. The normalized spacial score (nSPS) is 18.7. The highest BCUT2D eigenvalue weighted by Crippen LogP contribution is 2.31. The highest BCUT2D eigenvalue weighted by molar-refractivity contribution is 5.84. The molecule has 0 saturated carbocycles. The Labute approximate surface area is 115 Å². The van der Waals surface area contributed by atoms with Crippen LogP contribution in [-0.4, -0.2) is 38.5 Å². The summed E-state index contributed by atoms with van der Waals surface area (Å²) in [6.45, 7) is 3.22. The summed E-state index contributed by atoms with van der Waals surface area (Å²) >= 11 is 0. The summed E-state index contributed by atoms with van der Waals surface area (Å²) in [5, 5.41) is 0. The van der Waals surface area contributed by atoms with E-state index in [1.807, 2.05) is 18.2 Å². The highest BCUT2D eigenvalue weighted by Gasteiger charge is 2.16. The minimum absolute atomic E-state index is 0.135. The molecule has 4 heteroatoms. The van der Waals surface area contributed by atoms with Crippen LogP contribution in [0.25, 0.3) is 0 Å². The Morgan fingerprint density at radius 3 is 2.53 bits per heavy atom. The van der Waals surface area contributed by atoms with Crippen molar-refractivity contribution < 1.29 is 9.47 Å². The van der Waals surface area contributed by atoms with Gasteiger partial charge in [0.25, 0.3) is 0 Å². The fraction of sp³-hybridized carbons (Fsp3) is 0.533. The van der Waals surface area contributed by atoms with Crippen molar-refractivity contribution in [3.05, 3.63) is 23.8 Å². The van der Waals surface area contributed by atoms with E-state index in [-0.39, 0.29) is 6.04 Å². The van der Waals surface area contributed by atoms with Crippen LogP contribution in [0.2, 0.25) is 0 Å². The Kier molecular flexibility index (Phi) is 4.30. The third kappa shape index (κ3) is 3.00. The number of rotatable bonds is 4. The first-order chi connectivity index (χ1) is 9.15. The molecule has 0 radical (unpaired) electrons. The maximum atomic E-state index is 5.33. The zero-order chi connectivity index (χ0) is 13.8. The quantitative estimate of drug-likeness (QED) is 0.836. The molecule has 0 spiro atoms. The van der Waals surface area contributed by atoms with Gasteiger partial charge in [-0.2, -0.15) is 0 Å². The average Bonchev–Trinajstić information content (AvgIpc) is 2.83. The van der Waals surface area contributed by atoms with Gasteiger partial charge in [-0.05, 0) is 31.0 Å². The highest BCUT2D eigenvalue weighted by atomic mass is 16.5. The molecule has 0 aromatic heterocycles. The van der Waals surface area contributed by atoms with Crippen LogP contribution in [0, 0.1) is 0 Å². The van der Waals surface area contributed by atoms with Crippen LogP contribution >= 0.6 is 0 Å². The lowest BCUT2D eigenvalue weighted by Crippen LogP contribution is -2.19. The Morgan fingerprint density at radius 2 is 1.95 bits per heavy atom. The summed E-state index contributed by atoms with van der Waals surface area (Å²) in [6, 6.07) is 6.12. The topological polar surface area (TPSA) is 34.1 Å². The van der Waals surface area contributed by atoms with Gasteiger partial charge < -0.3 is 14.4 Å². The number of likely N-dealkylation sites (tertiary alicyclic amines) is 1. The van der Waals surface area contributed by atoms with Gasteiger partial charge in [-0.25, -0.2) is 0 Å². The maximum Gasteiger partial charge on any atom is 0.161 e. The van der Waals surface area contributed by atoms with Crippen LogP contribution in [-0.2, 0) is 0 Å². The lowest BCUT2D eigenvalue weighted by molar-refractivity contribution is 0.354. The van der Waals surface area contributed by atoms with Crippen molar-refractivity contribution in [1.82, 2.24) is 4.90 Å². The van der Waals surface area contributed by atoms with E-state index in [0.29, 0.717) is 0 Å². The molecule has 19 heavy (non-hydrogen) atoms. The molecule has 1 aliphatic rings. The molecular weight excluding hydrogens is 240 g/mol. The molecule has 0 N–H and O–H groups in total. The van der Waals surface area contributed by atoms with Crippen LogP contribution in [0.4, 0.5) is 0 Å². The molecule has 2 rings (SSSR count). The number of ether oxygens (including phenoxy) is 2. The van der Waals surface area contributed by atoms with Crippen molar-refractivity contribution in [1.29, 1.82) is 0 Å². The van der Waals surface area contributed by atoms with Gasteiger partial charge in [0.05, 0.1) is 26.1 Å². The smallest absolute Gasteiger partial charge is 0.161 e. The van der Waals surface area contributed by atoms with Gasteiger partial charge in [0, 0.05) is 20.0 Å². The fourth-order valence-electron chi connectivity index (χ4n) is 2.37. The van der Waals surface area contributed by atoms with Gasteiger partial charge in [0.15, 0.2) is 11.5 Å². The zero-order valence-corrected chi connectivity index (χ0v) is 12.1. The second-order valence-electron chi connectivity index (χ2n) is 4.86. The zero-order valence-electron chi connectivity index (χ0n) is 12.1. The van der Waals surface area contributed by atoms with E-state index in [9.17, 15) is 0 Å². The van der Waals surface area contributed by atoms with Crippen molar-refractivity contribution >= 4 is 5.84 Å². The Balaban J connectivity index is 2.21. The summed E-state index contributed by atoms with van der Waals surface area (Å²) in [6.07, 6.45) is 2.28. The van der Waals surface area contributed by atoms with Gasteiger partial charge >= 0.3 is 0 Å². The number of amidine groups is 1. The Morgan fingerprint density at radius 1 is 1.21 bits per heavy atom. The number of benzene rings is 1. The first-order valence-corrected chi connectivity index (χ1v) is 6.65. The molecule has 1 aromatic rings. The predicted molar refractivity (Wildman–Crippen MR) is 77.3 cm³/mol. The SMILES string of the molecule is COc1ccc(C(C)/N=C2/CCCN2C)cc1OC. The lowest BCUT2D eigenvalue weighted by Gasteiger charge is -2.16. The molecular formula is C15H22N2O2.